The Morgan fingerprint density at radius 3 is 2.92 bits per heavy atom. The maximum Gasteiger partial charge on any atom is 0.235 e. The van der Waals surface area contributed by atoms with Gasteiger partial charge in [0, 0.05) is 13.5 Å². The van der Waals surface area contributed by atoms with Crippen LogP contribution in [0.15, 0.2) is 24.3 Å². The fraction of sp³-hybridized carbons (Fsp3) is 0.222. The van der Waals surface area contributed by atoms with E-state index >= 15 is 0 Å². The molecule has 4 nitrogen and oxygen atoms in total. The summed E-state index contributed by atoms with van der Waals surface area (Å²) >= 11 is 0. The van der Waals surface area contributed by atoms with Crippen molar-refractivity contribution in [2.45, 2.75) is 13.5 Å². The fourth-order valence-corrected chi connectivity index (χ4v) is 0.936. The highest BCUT2D eigenvalue weighted by atomic mass is 16.2. The number of nitrogens with two attached hydrogens (primary N) is 1. The first kappa shape index (κ1) is 9.54. The fourth-order valence-electron chi connectivity index (χ4n) is 0.936. The van der Waals surface area contributed by atoms with E-state index in [4.69, 9.17) is 5.73 Å². The van der Waals surface area contributed by atoms with Gasteiger partial charge >= 0.3 is 0 Å². The third-order valence-electron chi connectivity index (χ3n) is 1.55. The Bertz CT molecular complexity index is 299. The Hall–Kier alpha value is -1.55. The minimum absolute atomic E-state index is 0.127. The van der Waals surface area contributed by atoms with Gasteiger partial charge in [0.2, 0.25) is 5.91 Å². The van der Waals surface area contributed by atoms with Crippen LogP contribution in [0.4, 0.5) is 5.69 Å². The van der Waals surface area contributed by atoms with Crippen molar-refractivity contribution in [3.8, 4) is 0 Å². The monoisotopic (exact) mass is 179 g/mol. The Balaban J connectivity index is 2.61. The molecule has 0 unspecified atom stereocenters. The molecule has 0 radical (unpaired) electrons. The summed E-state index contributed by atoms with van der Waals surface area (Å²) in [5, 5.41) is 0. The Morgan fingerprint density at radius 2 is 2.31 bits per heavy atom. The number of anilines is 1. The first-order chi connectivity index (χ1) is 6.22. The van der Waals surface area contributed by atoms with E-state index in [0.717, 1.165) is 11.3 Å². The van der Waals surface area contributed by atoms with Crippen LogP contribution in [0.1, 0.15) is 12.5 Å². The van der Waals surface area contributed by atoms with Gasteiger partial charge in [-0.15, -0.1) is 0 Å². The first-order valence-electron chi connectivity index (χ1n) is 4.04. The lowest BCUT2D eigenvalue weighted by Crippen LogP contribution is -2.26. The number of amides is 1. The number of hydrazine groups is 1. The molecule has 0 saturated carbocycles. The maximum absolute atomic E-state index is 10.6. The Morgan fingerprint density at radius 1 is 1.54 bits per heavy atom. The predicted octanol–water partition coefficient (Wildman–Crippen LogP) is 0.608. The van der Waals surface area contributed by atoms with Crippen LogP contribution < -0.4 is 16.6 Å². The van der Waals surface area contributed by atoms with Crippen LogP contribution in [0.5, 0.6) is 0 Å². The molecule has 1 aromatic rings. The van der Waals surface area contributed by atoms with Crippen molar-refractivity contribution in [2.24, 2.45) is 5.73 Å². The van der Waals surface area contributed by atoms with Crippen molar-refractivity contribution < 1.29 is 4.79 Å². The number of hydrogen-bond donors (Lipinski definition) is 3. The minimum Gasteiger partial charge on any atom is -0.326 e. The third-order valence-corrected chi connectivity index (χ3v) is 1.55. The summed E-state index contributed by atoms with van der Waals surface area (Å²) in [5.41, 5.74) is 12.6. The standard InChI is InChI=1S/C9H13N3O/c1-7(13)11-12-9-4-2-3-8(5-9)6-10/h2-5,12H,6,10H2,1H3,(H,11,13). The van der Waals surface area contributed by atoms with Crippen molar-refractivity contribution in [1.82, 2.24) is 5.43 Å². The lowest BCUT2D eigenvalue weighted by molar-refractivity contribution is -0.118. The summed E-state index contributed by atoms with van der Waals surface area (Å²) in [6.07, 6.45) is 0. The zero-order valence-corrected chi connectivity index (χ0v) is 7.50. The second-order valence-electron chi connectivity index (χ2n) is 2.71. The number of benzene rings is 1. The van der Waals surface area contributed by atoms with Crippen LogP contribution in [-0.4, -0.2) is 5.91 Å². The molecular weight excluding hydrogens is 166 g/mol. The van der Waals surface area contributed by atoms with E-state index < -0.39 is 0 Å². The van der Waals surface area contributed by atoms with Crippen LogP contribution in [0.3, 0.4) is 0 Å². The van der Waals surface area contributed by atoms with Crippen LogP contribution in [-0.2, 0) is 11.3 Å². The van der Waals surface area contributed by atoms with Crippen LogP contribution >= 0.6 is 0 Å². The van der Waals surface area contributed by atoms with Gasteiger partial charge in [-0.1, -0.05) is 12.1 Å². The highest BCUT2D eigenvalue weighted by Crippen LogP contribution is 2.08. The predicted molar refractivity (Wildman–Crippen MR) is 51.8 cm³/mol. The molecule has 0 atom stereocenters. The number of carbonyl (C=O) groups excluding carboxylic acids is 1. The minimum atomic E-state index is -0.127. The SMILES string of the molecule is CC(=O)NNc1cccc(CN)c1. The second-order valence-corrected chi connectivity index (χ2v) is 2.71. The van der Waals surface area contributed by atoms with E-state index in [2.05, 4.69) is 10.9 Å². The maximum atomic E-state index is 10.6. The van der Waals surface area contributed by atoms with E-state index in [1.165, 1.54) is 6.92 Å². The highest BCUT2D eigenvalue weighted by Gasteiger charge is 1.93. The Labute approximate surface area is 77.1 Å². The average Bonchev–Trinajstić information content (AvgIpc) is 2.15. The molecule has 4 heteroatoms. The first-order valence-corrected chi connectivity index (χ1v) is 4.04. The van der Waals surface area contributed by atoms with Gasteiger partial charge in [0.05, 0.1) is 5.69 Å². The van der Waals surface area contributed by atoms with Gasteiger partial charge in [-0.05, 0) is 17.7 Å². The molecule has 0 saturated heterocycles. The van der Waals surface area contributed by atoms with Crippen molar-refractivity contribution in [3.05, 3.63) is 29.8 Å². The molecule has 0 fully saturated rings. The molecule has 0 aliphatic carbocycles. The van der Waals surface area contributed by atoms with Gasteiger partial charge in [0.25, 0.3) is 0 Å². The number of rotatable bonds is 3. The van der Waals surface area contributed by atoms with Crippen molar-refractivity contribution >= 4 is 11.6 Å². The molecule has 1 aromatic carbocycles. The molecule has 13 heavy (non-hydrogen) atoms. The van der Waals surface area contributed by atoms with Crippen molar-refractivity contribution in [1.29, 1.82) is 0 Å². The summed E-state index contributed by atoms with van der Waals surface area (Å²) in [6, 6.07) is 7.55. The van der Waals surface area contributed by atoms with Gasteiger partial charge in [0.1, 0.15) is 0 Å². The van der Waals surface area contributed by atoms with Gasteiger partial charge in [0.15, 0.2) is 0 Å². The second kappa shape index (κ2) is 4.47. The summed E-state index contributed by atoms with van der Waals surface area (Å²) in [6.45, 7) is 1.94. The van der Waals surface area contributed by atoms with E-state index in [-0.39, 0.29) is 5.91 Å². The van der Waals surface area contributed by atoms with Crippen LogP contribution in [0.2, 0.25) is 0 Å². The molecule has 0 aromatic heterocycles. The molecule has 0 spiro atoms. The highest BCUT2D eigenvalue weighted by molar-refractivity contribution is 5.74. The molecule has 1 rings (SSSR count). The van der Waals surface area contributed by atoms with Gasteiger partial charge in [-0.2, -0.15) is 0 Å². The smallest absolute Gasteiger partial charge is 0.235 e. The summed E-state index contributed by atoms with van der Waals surface area (Å²) in [5.74, 6) is -0.127. The summed E-state index contributed by atoms with van der Waals surface area (Å²) in [4.78, 5) is 10.6. The normalized spacial score (nSPS) is 9.38. The van der Waals surface area contributed by atoms with E-state index in [1.54, 1.807) is 0 Å². The molecule has 0 aliphatic rings. The van der Waals surface area contributed by atoms with Crippen LogP contribution in [0.25, 0.3) is 0 Å². The molecule has 1 amide bonds. The average molecular weight is 179 g/mol. The summed E-state index contributed by atoms with van der Waals surface area (Å²) in [7, 11) is 0. The zero-order valence-electron chi connectivity index (χ0n) is 7.50. The van der Waals surface area contributed by atoms with Gasteiger partial charge in [-0.25, -0.2) is 0 Å². The lowest BCUT2D eigenvalue weighted by atomic mass is 10.2. The number of nitrogens with one attached hydrogen (secondary N) is 2. The van der Waals surface area contributed by atoms with Crippen molar-refractivity contribution in [3.63, 3.8) is 0 Å². The number of hydrogen-bond acceptors (Lipinski definition) is 3. The summed E-state index contributed by atoms with van der Waals surface area (Å²) < 4.78 is 0. The van der Waals surface area contributed by atoms with Crippen LogP contribution in [0, 0.1) is 0 Å². The topological polar surface area (TPSA) is 67.2 Å². The molecule has 0 aliphatic heterocycles. The van der Waals surface area contributed by atoms with E-state index in [9.17, 15) is 4.79 Å². The van der Waals surface area contributed by atoms with Gasteiger partial charge in [-0.3, -0.25) is 15.6 Å². The molecule has 0 bridgehead atoms. The largest absolute Gasteiger partial charge is 0.326 e. The Kier molecular flexibility index (Phi) is 3.28. The third kappa shape index (κ3) is 3.13. The molecule has 70 valence electrons. The van der Waals surface area contributed by atoms with E-state index in [0.29, 0.717) is 6.54 Å². The molecular formula is C9H13N3O. The zero-order chi connectivity index (χ0) is 9.68. The number of carbonyl (C=O) groups is 1. The molecule has 4 N–H and O–H groups in total. The van der Waals surface area contributed by atoms with Gasteiger partial charge < -0.3 is 5.73 Å². The van der Waals surface area contributed by atoms with Crippen molar-refractivity contribution in [2.75, 3.05) is 5.43 Å². The lowest BCUT2D eigenvalue weighted by Gasteiger charge is -2.06. The quantitative estimate of drug-likeness (QED) is 0.595. The van der Waals surface area contributed by atoms with E-state index in [1.807, 2.05) is 24.3 Å². The molecule has 0 heterocycles.